The molecule has 5 unspecified atom stereocenters. The number of likely N-dealkylation sites (tertiary alicyclic amines) is 1. The van der Waals surface area contributed by atoms with Crippen molar-refractivity contribution in [2.45, 2.75) is 201 Å². The van der Waals surface area contributed by atoms with Gasteiger partial charge in [-0.25, -0.2) is 0 Å². The van der Waals surface area contributed by atoms with Crippen molar-refractivity contribution in [3.8, 4) is 0 Å². The molecule has 8 heteroatoms. The van der Waals surface area contributed by atoms with Crippen LogP contribution in [0, 0.1) is 23.7 Å². The van der Waals surface area contributed by atoms with Crippen molar-refractivity contribution in [1.29, 1.82) is 0 Å². The fraction of sp³-hybridized carbons (Fsp3) is 0.935. The molecule has 2 fully saturated rings. The van der Waals surface area contributed by atoms with Gasteiger partial charge in [0.25, 0.3) is 0 Å². The Bertz CT molecular complexity index is 978. The van der Waals surface area contributed by atoms with Crippen LogP contribution in [-0.2, 0) is 19.1 Å². The molecule has 0 aromatic heterocycles. The first-order valence-electron chi connectivity index (χ1n) is 23.3. The number of carbonyl (C=O) groups excluding carboxylic acids is 3. The number of rotatable bonds is 32. The van der Waals surface area contributed by atoms with E-state index in [9.17, 15) is 19.5 Å². The number of nitrogens with zero attached hydrogens (tertiary/aromatic N) is 3. The number of hydrogen-bond acceptors (Lipinski definition) is 6. The van der Waals surface area contributed by atoms with E-state index in [0.29, 0.717) is 64.0 Å². The van der Waals surface area contributed by atoms with Gasteiger partial charge in [0.15, 0.2) is 0 Å². The van der Waals surface area contributed by atoms with Gasteiger partial charge >= 0.3 is 5.97 Å². The third-order valence-corrected chi connectivity index (χ3v) is 12.6. The Morgan fingerprint density at radius 2 is 1.33 bits per heavy atom. The number of carbonyl (C=O) groups is 3. The molecule has 2 aliphatic rings. The van der Waals surface area contributed by atoms with Gasteiger partial charge in [0, 0.05) is 58.7 Å². The van der Waals surface area contributed by atoms with Gasteiger partial charge in [-0.05, 0) is 62.7 Å². The number of amides is 2. The maximum absolute atomic E-state index is 13.7. The molecule has 0 spiro atoms. The van der Waals surface area contributed by atoms with Crippen molar-refractivity contribution in [3.05, 3.63) is 0 Å². The fourth-order valence-electron chi connectivity index (χ4n) is 9.01. The zero-order valence-electron chi connectivity index (χ0n) is 36.1. The van der Waals surface area contributed by atoms with Crippen LogP contribution < -0.4 is 0 Å². The molecule has 1 N–H and O–H groups in total. The van der Waals surface area contributed by atoms with Crippen LogP contribution in [0.15, 0.2) is 0 Å². The third-order valence-electron chi connectivity index (χ3n) is 12.6. The molecule has 2 amide bonds. The van der Waals surface area contributed by atoms with Crippen molar-refractivity contribution in [2.75, 3.05) is 52.9 Å². The first kappa shape index (κ1) is 48.5. The summed E-state index contributed by atoms with van der Waals surface area (Å²) in [6.07, 6.45) is 28.6. The number of ether oxygens (including phenoxy) is 1. The van der Waals surface area contributed by atoms with Crippen molar-refractivity contribution in [3.63, 3.8) is 0 Å². The largest absolute Gasteiger partial charge is 0.465 e. The summed E-state index contributed by atoms with van der Waals surface area (Å²) in [4.78, 5) is 46.2. The summed E-state index contributed by atoms with van der Waals surface area (Å²) in [5, 5.41) is 9.97. The number of unbranched alkanes of at least 4 members (excludes halogenated alkanes) is 11. The highest BCUT2D eigenvalue weighted by atomic mass is 16.5. The molecule has 316 valence electrons. The van der Waals surface area contributed by atoms with E-state index < -0.39 is 0 Å². The first-order chi connectivity index (χ1) is 26.2. The second-order valence-corrected chi connectivity index (χ2v) is 17.4. The van der Waals surface area contributed by atoms with Gasteiger partial charge in [0.2, 0.25) is 11.8 Å². The van der Waals surface area contributed by atoms with Gasteiger partial charge < -0.3 is 24.5 Å². The average molecular weight is 762 g/mol. The quantitative estimate of drug-likeness (QED) is 0.0542. The molecule has 1 heterocycles. The topological polar surface area (TPSA) is 90.4 Å². The third kappa shape index (κ3) is 21.0. The number of esters is 1. The maximum atomic E-state index is 13.7. The Hall–Kier alpha value is -1.67. The number of aliphatic hydroxyl groups is 1. The molecule has 8 nitrogen and oxygen atoms in total. The smallest absolute Gasteiger partial charge is 0.307 e. The number of aliphatic hydroxyl groups excluding tert-OH is 1. The van der Waals surface area contributed by atoms with Gasteiger partial charge in [-0.15, -0.1) is 0 Å². The van der Waals surface area contributed by atoms with E-state index in [4.69, 9.17) is 4.74 Å². The van der Waals surface area contributed by atoms with Crippen LogP contribution in [0.2, 0.25) is 0 Å². The standard InChI is InChI=1S/C46H87N3O5/c1-6-10-14-16-17-20-23-39(22-19-15-11-7-2)38-54-45(52)30-35-49(44(51)29-34-48-33-28-43(50)37-48)32-21-31-47(5)46(53)42-27-26-40(25-18-12-8-3)41(36-42)24-13-9-4/h39-43,50H,6-38H2,1-5H3. The number of hydrogen-bond donors (Lipinski definition) is 1. The lowest BCUT2D eigenvalue weighted by Gasteiger charge is -2.37. The average Bonchev–Trinajstić information content (AvgIpc) is 3.60. The van der Waals surface area contributed by atoms with Crippen molar-refractivity contribution in [2.24, 2.45) is 23.7 Å². The SMILES string of the molecule is CCCCCCCCC(CCCCCC)COC(=O)CCN(CCCN(C)C(=O)C1CCC(CCCCC)C(CCCC)C1)C(=O)CCN1CCC(O)C1. The highest BCUT2D eigenvalue weighted by Crippen LogP contribution is 2.40. The van der Waals surface area contributed by atoms with Crippen LogP contribution in [0.25, 0.3) is 0 Å². The highest BCUT2D eigenvalue weighted by Gasteiger charge is 2.34. The second-order valence-electron chi connectivity index (χ2n) is 17.4. The van der Waals surface area contributed by atoms with Gasteiger partial charge in [0.1, 0.15) is 0 Å². The molecule has 1 saturated heterocycles. The fourth-order valence-corrected chi connectivity index (χ4v) is 9.01. The summed E-state index contributed by atoms with van der Waals surface area (Å²) in [6.45, 7) is 13.0. The minimum absolute atomic E-state index is 0.0372. The van der Waals surface area contributed by atoms with Crippen LogP contribution in [-0.4, -0.2) is 96.6 Å². The van der Waals surface area contributed by atoms with E-state index in [1.54, 1.807) is 0 Å². The van der Waals surface area contributed by atoms with Crippen molar-refractivity contribution >= 4 is 17.8 Å². The van der Waals surface area contributed by atoms with Crippen LogP contribution in [0.4, 0.5) is 0 Å². The van der Waals surface area contributed by atoms with E-state index in [-0.39, 0.29) is 36.2 Å². The molecule has 2 rings (SSSR count). The van der Waals surface area contributed by atoms with E-state index in [2.05, 4.69) is 32.6 Å². The molecule has 54 heavy (non-hydrogen) atoms. The van der Waals surface area contributed by atoms with Crippen LogP contribution in [0.1, 0.15) is 195 Å². The zero-order chi connectivity index (χ0) is 39.4. The Morgan fingerprint density at radius 3 is 2.00 bits per heavy atom. The molecular weight excluding hydrogens is 675 g/mol. The molecule has 0 bridgehead atoms. The lowest BCUT2D eigenvalue weighted by molar-refractivity contribution is -0.146. The second kappa shape index (κ2) is 30.5. The molecule has 0 radical (unpaired) electrons. The lowest BCUT2D eigenvalue weighted by atomic mass is 9.70. The minimum Gasteiger partial charge on any atom is -0.465 e. The molecule has 0 aromatic rings. The summed E-state index contributed by atoms with van der Waals surface area (Å²) in [7, 11) is 1.93. The molecule has 1 aliphatic heterocycles. The number of β-amino-alcohol motifs (C(OH)–C–C–N with tert-alkyl or cyclic N) is 1. The molecule has 1 aliphatic carbocycles. The van der Waals surface area contributed by atoms with Crippen molar-refractivity contribution in [1.82, 2.24) is 14.7 Å². The van der Waals surface area contributed by atoms with Gasteiger partial charge in [-0.3, -0.25) is 14.4 Å². The zero-order valence-corrected chi connectivity index (χ0v) is 36.1. The van der Waals surface area contributed by atoms with Crippen LogP contribution in [0.5, 0.6) is 0 Å². The highest BCUT2D eigenvalue weighted by molar-refractivity contribution is 5.79. The normalized spacial score (nSPS) is 20.9. The summed E-state index contributed by atoms with van der Waals surface area (Å²) in [5.74, 6) is 2.04. The lowest BCUT2D eigenvalue weighted by Crippen LogP contribution is -2.40. The van der Waals surface area contributed by atoms with Gasteiger partial charge in [-0.2, -0.15) is 0 Å². The van der Waals surface area contributed by atoms with E-state index in [0.717, 1.165) is 44.6 Å². The molecular formula is C46H87N3O5. The molecule has 0 aromatic carbocycles. The Morgan fingerprint density at radius 1 is 0.704 bits per heavy atom. The Kier molecular flexibility index (Phi) is 27.3. The van der Waals surface area contributed by atoms with E-state index in [1.165, 1.54) is 116 Å². The first-order valence-corrected chi connectivity index (χ1v) is 23.3. The van der Waals surface area contributed by atoms with Gasteiger partial charge in [0.05, 0.1) is 19.1 Å². The van der Waals surface area contributed by atoms with E-state index >= 15 is 0 Å². The summed E-state index contributed by atoms with van der Waals surface area (Å²) >= 11 is 0. The van der Waals surface area contributed by atoms with Gasteiger partial charge in [-0.1, -0.05) is 137 Å². The monoisotopic (exact) mass is 762 g/mol. The summed E-state index contributed by atoms with van der Waals surface area (Å²) < 4.78 is 5.88. The Labute approximate surface area is 333 Å². The van der Waals surface area contributed by atoms with E-state index in [1.807, 2.05) is 16.8 Å². The van der Waals surface area contributed by atoms with Crippen molar-refractivity contribution < 1.29 is 24.2 Å². The Balaban J connectivity index is 1.91. The summed E-state index contributed by atoms with van der Waals surface area (Å²) in [5.41, 5.74) is 0. The molecule has 1 saturated carbocycles. The van der Waals surface area contributed by atoms with Crippen LogP contribution in [0.3, 0.4) is 0 Å². The maximum Gasteiger partial charge on any atom is 0.307 e. The predicted octanol–water partition coefficient (Wildman–Crippen LogP) is 10.2. The summed E-state index contributed by atoms with van der Waals surface area (Å²) in [6, 6.07) is 0. The predicted molar refractivity (Wildman–Crippen MR) is 224 cm³/mol. The minimum atomic E-state index is -0.311. The molecule has 5 atom stereocenters. The van der Waals surface area contributed by atoms with Crippen LogP contribution >= 0.6 is 0 Å².